The number of amides is 2. The molecule has 1 aromatic rings. The maximum atomic E-state index is 12.7. The molecule has 0 aromatic carbocycles. The van der Waals surface area contributed by atoms with E-state index in [1.807, 2.05) is 4.90 Å². The number of halogens is 1. The van der Waals surface area contributed by atoms with Gasteiger partial charge < -0.3 is 20.3 Å². The molecule has 1 unspecified atom stereocenters. The standard InChI is InChI=1S/C20H27N3O3S.ClH/c24-18(22-13-3-4-13)17-12-14-16(27-17)5-11-26-20(14)6-9-23(10-7-20)19(25)15-2-1-8-21-15;/h12-13,15,21H,1-11H2,(H,22,24);1H. The lowest BCUT2D eigenvalue weighted by Crippen LogP contribution is -2.51. The number of ether oxygens (including phenoxy) is 1. The van der Waals surface area contributed by atoms with E-state index in [4.69, 9.17) is 4.74 Å². The fraction of sp³-hybridized carbons (Fsp3) is 0.700. The summed E-state index contributed by atoms with van der Waals surface area (Å²) >= 11 is 1.63. The third-order valence-electron chi connectivity index (χ3n) is 6.38. The van der Waals surface area contributed by atoms with Crippen LogP contribution in [0.4, 0.5) is 0 Å². The van der Waals surface area contributed by atoms with Gasteiger partial charge in [0.15, 0.2) is 0 Å². The molecule has 4 heterocycles. The Morgan fingerprint density at radius 3 is 2.71 bits per heavy atom. The second kappa shape index (κ2) is 7.94. The van der Waals surface area contributed by atoms with E-state index in [0.29, 0.717) is 12.6 Å². The monoisotopic (exact) mass is 425 g/mol. The van der Waals surface area contributed by atoms with Gasteiger partial charge in [-0.1, -0.05) is 0 Å². The molecule has 1 spiro atoms. The highest BCUT2D eigenvalue weighted by atomic mass is 35.5. The summed E-state index contributed by atoms with van der Waals surface area (Å²) in [5, 5.41) is 6.41. The molecule has 1 saturated carbocycles. The van der Waals surface area contributed by atoms with Crippen LogP contribution in [0, 0.1) is 0 Å². The maximum Gasteiger partial charge on any atom is 0.261 e. The molecule has 1 aromatic heterocycles. The molecular weight excluding hydrogens is 398 g/mol. The van der Waals surface area contributed by atoms with E-state index < -0.39 is 0 Å². The minimum Gasteiger partial charge on any atom is -0.370 e. The van der Waals surface area contributed by atoms with Crippen molar-refractivity contribution in [3.63, 3.8) is 0 Å². The zero-order valence-corrected chi connectivity index (χ0v) is 17.6. The highest BCUT2D eigenvalue weighted by Crippen LogP contribution is 2.44. The molecule has 8 heteroatoms. The SMILES string of the molecule is Cl.O=C(NC1CC1)c1cc2c(s1)CCOC21CCN(C(=O)C2CCCN2)CC1. The van der Waals surface area contributed by atoms with Gasteiger partial charge in [-0.15, -0.1) is 23.7 Å². The second-order valence-corrected chi connectivity index (χ2v) is 9.40. The van der Waals surface area contributed by atoms with Crippen molar-refractivity contribution in [2.75, 3.05) is 26.2 Å². The molecule has 6 nitrogen and oxygen atoms in total. The molecule has 0 bridgehead atoms. The van der Waals surface area contributed by atoms with Crippen LogP contribution in [0.1, 0.15) is 58.6 Å². The van der Waals surface area contributed by atoms with E-state index in [1.165, 1.54) is 10.4 Å². The number of hydrogen-bond acceptors (Lipinski definition) is 5. The van der Waals surface area contributed by atoms with Crippen molar-refractivity contribution in [1.82, 2.24) is 15.5 Å². The Kier molecular flexibility index (Phi) is 5.71. The van der Waals surface area contributed by atoms with Gasteiger partial charge in [0.2, 0.25) is 5.91 Å². The first-order valence-corrected chi connectivity index (χ1v) is 11.1. The number of rotatable bonds is 3. The molecular formula is C20H28ClN3O3S. The Morgan fingerprint density at radius 2 is 2.04 bits per heavy atom. The lowest BCUT2D eigenvalue weighted by atomic mass is 9.82. The largest absolute Gasteiger partial charge is 0.370 e. The third-order valence-corrected chi connectivity index (χ3v) is 7.58. The van der Waals surface area contributed by atoms with E-state index in [0.717, 1.165) is 69.5 Å². The van der Waals surface area contributed by atoms with Gasteiger partial charge in [-0.05, 0) is 56.7 Å². The van der Waals surface area contributed by atoms with E-state index in [2.05, 4.69) is 16.7 Å². The van der Waals surface area contributed by atoms with Crippen molar-refractivity contribution in [1.29, 1.82) is 0 Å². The average molecular weight is 426 g/mol. The fourth-order valence-corrected chi connectivity index (χ4v) is 5.76. The van der Waals surface area contributed by atoms with Gasteiger partial charge in [-0.25, -0.2) is 0 Å². The number of nitrogens with one attached hydrogen (secondary N) is 2. The number of thiophene rings is 1. The number of carbonyl (C=O) groups excluding carboxylic acids is 2. The van der Waals surface area contributed by atoms with Crippen LogP contribution in [0.2, 0.25) is 0 Å². The number of hydrogen-bond donors (Lipinski definition) is 2. The smallest absolute Gasteiger partial charge is 0.261 e. The number of carbonyl (C=O) groups is 2. The molecule has 2 saturated heterocycles. The summed E-state index contributed by atoms with van der Waals surface area (Å²) in [6.07, 6.45) is 6.75. The molecule has 5 rings (SSSR count). The average Bonchev–Trinajstić information content (AvgIpc) is 3.16. The number of likely N-dealkylation sites (tertiary alicyclic amines) is 1. The van der Waals surface area contributed by atoms with Crippen LogP contribution in [0.5, 0.6) is 0 Å². The van der Waals surface area contributed by atoms with Gasteiger partial charge in [-0.2, -0.15) is 0 Å². The fourth-order valence-electron chi connectivity index (χ4n) is 4.63. The molecule has 0 radical (unpaired) electrons. The summed E-state index contributed by atoms with van der Waals surface area (Å²) in [5.74, 6) is 0.306. The van der Waals surface area contributed by atoms with Crippen LogP contribution in [-0.2, 0) is 21.6 Å². The Labute approximate surface area is 175 Å². The van der Waals surface area contributed by atoms with Crippen molar-refractivity contribution < 1.29 is 14.3 Å². The predicted molar refractivity (Wildman–Crippen MR) is 110 cm³/mol. The molecule has 154 valence electrons. The first-order chi connectivity index (χ1) is 13.1. The molecule has 1 aliphatic carbocycles. The Morgan fingerprint density at radius 1 is 1.25 bits per heavy atom. The molecule has 3 fully saturated rings. The lowest BCUT2D eigenvalue weighted by molar-refractivity contribution is -0.142. The molecule has 2 N–H and O–H groups in total. The zero-order chi connectivity index (χ0) is 18.4. The first-order valence-electron chi connectivity index (χ1n) is 10.2. The van der Waals surface area contributed by atoms with Gasteiger partial charge in [0, 0.05) is 30.4 Å². The minimum atomic E-state index is -0.317. The Bertz CT molecular complexity index is 750. The van der Waals surface area contributed by atoms with Crippen LogP contribution in [0.25, 0.3) is 0 Å². The first kappa shape index (κ1) is 20.1. The summed E-state index contributed by atoms with van der Waals surface area (Å²) in [4.78, 5) is 29.3. The summed E-state index contributed by atoms with van der Waals surface area (Å²) < 4.78 is 6.29. The number of fused-ring (bicyclic) bond motifs is 2. The predicted octanol–water partition coefficient (Wildman–Crippen LogP) is 2.20. The van der Waals surface area contributed by atoms with E-state index in [1.54, 1.807) is 11.3 Å². The van der Waals surface area contributed by atoms with Gasteiger partial charge in [0.05, 0.1) is 23.1 Å². The quantitative estimate of drug-likeness (QED) is 0.778. The third kappa shape index (κ3) is 3.70. The Hall–Kier alpha value is -1.15. The van der Waals surface area contributed by atoms with Crippen LogP contribution in [-0.4, -0.2) is 55.0 Å². The second-order valence-electron chi connectivity index (χ2n) is 8.26. The zero-order valence-electron chi connectivity index (χ0n) is 16.0. The maximum absolute atomic E-state index is 12.7. The van der Waals surface area contributed by atoms with Crippen molar-refractivity contribution >= 4 is 35.6 Å². The normalized spacial score (nSPS) is 25.9. The minimum absolute atomic E-state index is 0. The number of nitrogens with zero attached hydrogens (tertiary/aromatic N) is 1. The van der Waals surface area contributed by atoms with Crippen LogP contribution < -0.4 is 10.6 Å². The number of piperidine rings is 1. The van der Waals surface area contributed by atoms with E-state index >= 15 is 0 Å². The van der Waals surface area contributed by atoms with Crippen molar-refractivity contribution in [2.45, 2.75) is 62.6 Å². The molecule has 1 atom stereocenters. The van der Waals surface area contributed by atoms with Gasteiger partial charge in [0.25, 0.3) is 5.91 Å². The highest BCUT2D eigenvalue weighted by molar-refractivity contribution is 7.14. The summed E-state index contributed by atoms with van der Waals surface area (Å²) in [7, 11) is 0. The van der Waals surface area contributed by atoms with Crippen LogP contribution in [0.3, 0.4) is 0 Å². The van der Waals surface area contributed by atoms with Gasteiger partial charge >= 0.3 is 0 Å². The van der Waals surface area contributed by atoms with Gasteiger partial charge in [-0.3, -0.25) is 9.59 Å². The van der Waals surface area contributed by atoms with Crippen molar-refractivity contribution in [2.24, 2.45) is 0 Å². The topological polar surface area (TPSA) is 70.7 Å². The Balaban J connectivity index is 0.00000192. The van der Waals surface area contributed by atoms with Gasteiger partial charge in [0.1, 0.15) is 0 Å². The molecule has 2 amide bonds. The van der Waals surface area contributed by atoms with Crippen molar-refractivity contribution in [3.8, 4) is 0 Å². The van der Waals surface area contributed by atoms with Crippen LogP contribution >= 0.6 is 23.7 Å². The lowest BCUT2D eigenvalue weighted by Gasteiger charge is -2.44. The molecule has 3 aliphatic heterocycles. The summed E-state index contributed by atoms with van der Waals surface area (Å²) in [6.45, 7) is 3.11. The summed E-state index contributed by atoms with van der Waals surface area (Å²) in [5.41, 5.74) is 0.882. The molecule has 4 aliphatic rings. The van der Waals surface area contributed by atoms with Crippen molar-refractivity contribution in [3.05, 3.63) is 21.4 Å². The van der Waals surface area contributed by atoms with E-state index in [-0.39, 0.29) is 35.9 Å². The van der Waals surface area contributed by atoms with Crippen LogP contribution in [0.15, 0.2) is 6.07 Å². The van der Waals surface area contributed by atoms with E-state index in [9.17, 15) is 9.59 Å². The highest BCUT2D eigenvalue weighted by Gasteiger charge is 2.44. The molecule has 28 heavy (non-hydrogen) atoms. The summed E-state index contributed by atoms with van der Waals surface area (Å²) in [6, 6.07) is 2.44.